The van der Waals surface area contributed by atoms with Gasteiger partial charge >= 0.3 is 0 Å². The average molecular weight is 945 g/mol. The Morgan fingerprint density at radius 3 is 1.34 bits per heavy atom. The first-order valence-electron chi connectivity index (χ1n) is 25.5. The molecule has 0 unspecified atom stereocenters. The minimum Gasteiger partial charge on any atom is -0.310 e. The summed E-state index contributed by atoms with van der Waals surface area (Å²) in [6, 6.07) is 91.7. The van der Waals surface area contributed by atoms with Gasteiger partial charge in [-0.3, -0.25) is 0 Å². The Hall–Kier alpha value is -9.64. The number of hydrogen-bond acceptors (Lipinski definition) is 2. The zero-order valence-electron chi connectivity index (χ0n) is 40.6. The summed E-state index contributed by atoms with van der Waals surface area (Å²) in [6.45, 7) is 0. The first kappa shape index (κ1) is 43.2. The molecule has 0 saturated carbocycles. The van der Waals surface area contributed by atoms with Gasteiger partial charge in [0.05, 0.1) is 27.9 Å². The van der Waals surface area contributed by atoms with Crippen LogP contribution >= 0.6 is 0 Å². The van der Waals surface area contributed by atoms with Crippen molar-refractivity contribution in [2.45, 2.75) is 12.8 Å². The van der Waals surface area contributed by atoms with Crippen LogP contribution in [0.3, 0.4) is 0 Å². The van der Waals surface area contributed by atoms with E-state index >= 15 is 0 Å². The smallest absolute Gasteiger partial charge is 0.160 e. The van der Waals surface area contributed by atoms with E-state index in [2.05, 4.69) is 276 Å². The molecule has 348 valence electrons. The van der Waals surface area contributed by atoms with Crippen LogP contribution in [0.15, 0.2) is 261 Å². The van der Waals surface area contributed by atoms with Gasteiger partial charge in [0.1, 0.15) is 0 Å². The first-order chi connectivity index (χ1) is 36.7. The summed E-state index contributed by atoms with van der Waals surface area (Å²) < 4.78 is 4.79. The summed E-state index contributed by atoms with van der Waals surface area (Å²) in [7, 11) is 0. The number of aromatic nitrogens is 4. The highest BCUT2D eigenvalue weighted by molar-refractivity contribution is 6.09. The van der Waals surface area contributed by atoms with Crippen molar-refractivity contribution in [3.63, 3.8) is 0 Å². The number of allylic oxidation sites excluding steroid dienone is 1. The third-order valence-electron chi connectivity index (χ3n) is 14.8. The topological polar surface area (TPSA) is 35.6 Å². The number of benzene rings is 10. The van der Waals surface area contributed by atoms with E-state index < -0.39 is 0 Å². The van der Waals surface area contributed by atoms with E-state index in [4.69, 9.17) is 9.97 Å². The van der Waals surface area contributed by atoms with Gasteiger partial charge in [-0.25, -0.2) is 9.97 Å². The number of fused-ring (bicyclic) bond motifs is 6. The zero-order valence-corrected chi connectivity index (χ0v) is 40.6. The van der Waals surface area contributed by atoms with Gasteiger partial charge in [-0.1, -0.05) is 200 Å². The predicted molar refractivity (Wildman–Crippen MR) is 309 cm³/mol. The average Bonchev–Trinajstić information content (AvgIpc) is 4.01. The quantitative estimate of drug-likeness (QED) is 0.145. The summed E-state index contributed by atoms with van der Waals surface area (Å²) in [4.78, 5) is 10.7. The molecule has 1 aliphatic carbocycles. The van der Waals surface area contributed by atoms with E-state index in [1.165, 1.54) is 66.2 Å². The molecule has 1 aliphatic rings. The highest BCUT2D eigenvalue weighted by Gasteiger charge is 2.20. The van der Waals surface area contributed by atoms with Crippen molar-refractivity contribution in [3.8, 4) is 89.8 Å². The van der Waals surface area contributed by atoms with Crippen molar-refractivity contribution in [1.82, 2.24) is 19.1 Å². The highest BCUT2D eigenvalue weighted by Crippen LogP contribution is 2.38. The van der Waals surface area contributed by atoms with Gasteiger partial charge in [0.2, 0.25) is 0 Å². The van der Waals surface area contributed by atoms with Crippen LogP contribution in [0, 0.1) is 0 Å². The molecule has 4 nitrogen and oxygen atoms in total. The fourth-order valence-corrected chi connectivity index (χ4v) is 11.2. The maximum absolute atomic E-state index is 5.36. The summed E-state index contributed by atoms with van der Waals surface area (Å²) in [5.74, 6) is 0.672. The SMILES string of the molecule is C1=Cc2c(c3ccccc3n2-c2cccc(-c3ccc(-c4cc(-c5cccc(-n6c7ccccc7c7ccccc76)c5)nc(-c5ccc(-c6cccc(-c7cccc(-c8ccccc8)c7)c6)cc5)n4)cc3)c2)CC1. The van der Waals surface area contributed by atoms with Gasteiger partial charge in [0, 0.05) is 49.9 Å². The number of para-hydroxylation sites is 3. The molecule has 0 bridgehead atoms. The number of hydrogen-bond donors (Lipinski definition) is 0. The van der Waals surface area contributed by atoms with Crippen LogP contribution in [0.5, 0.6) is 0 Å². The molecule has 74 heavy (non-hydrogen) atoms. The van der Waals surface area contributed by atoms with E-state index in [1.54, 1.807) is 0 Å². The summed E-state index contributed by atoms with van der Waals surface area (Å²) in [6.07, 6.45) is 6.73. The molecule has 4 heteroatoms. The van der Waals surface area contributed by atoms with Crippen molar-refractivity contribution in [2.24, 2.45) is 0 Å². The molecule has 14 rings (SSSR count). The van der Waals surface area contributed by atoms with E-state index in [1.807, 2.05) is 0 Å². The Kier molecular flexibility index (Phi) is 10.6. The molecule has 0 radical (unpaired) electrons. The van der Waals surface area contributed by atoms with E-state index in [9.17, 15) is 0 Å². The summed E-state index contributed by atoms with van der Waals surface area (Å²) in [5, 5.41) is 3.81. The lowest BCUT2D eigenvalue weighted by Crippen LogP contribution is -2.00. The van der Waals surface area contributed by atoms with Crippen molar-refractivity contribution >= 4 is 38.8 Å². The normalized spacial score (nSPS) is 12.2. The maximum Gasteiger partial charge on any atom is 0.160 e. The van der Waals surface area contributed by atoms with Gasteiger partial charge in [0.15, 0.2) is 5.82 Å². The largest absolute Gasteiger partial charge is 0.310 e. The van der Waals surface area contributed by atoms with E-state index in [-0.39, 0.29) is 0 Å². The Bertz CT molecular complexity index is 4240. The Morgan fingerprint density at radius 1 is 0.297 bits per heavy atom. The highest BCUT2D eigenvalue weighted by atomic mass is 15.0. The molecular formula is C70H48N4. The van der Waals surface area contributed by atoms with Gasteiger partial charge in [-0.05, 0) is 130 Å². The molecule has 10 aromatic carbocycles. The van der Waals surface area contributed by atoms with Crippen molar-refractivity contribution in [2.75, 3.05) is 0 Å². The van der Waals surface area contributed by atoms with Gasteiger partial charge in [0.25, 0.3) is 0 Å². The second-order valence-electron chi connectivity index (χ2n) is 19.3. The minimum atomic E-state index is 0.672. The fourth-order valence-electron chi connectivity index (χ4n) is 11.2. The molecule has 0 atom stereocenters. The third-order valence-corrected chi connectivity index (χ3v) is 14.8. The minimum absolute atomic E-state index is 0.672. The Balaban J connectivity index is 0.838. The van der Waals surface area contributed by atoms with Gasteiger partial charge in [-0.15, -0.1) is 0 Å². The molecule has 13 aromatic rings. The molecule has 0 spiro atoms. The number of rotatable bonds is 9. The summed E-state index contributed by atoms with van der Waals surface area (Å²) in [5.41, 5.74) is 22.6. The van der Waals surface area contributed by atoms with Crippen LogP contribution < -0.4 is 0 Å². The second kappa shape index (κ2) is 18.2. The van der Waals surface area contributed by atoms with Crippen LogP contribution in [-0.2, 0) is 6.42 Å². The second-order valence-corrected chi connectivity index (χ2v) is 19.3. The predicted octanol–water partition coefficient (Wildman–Crippen LogP) is 18.1. The van der Waals surface area contributed by atoms with Gasteiger partial charge < -0.3 is 9.13 Å². The lowest BCUT2D eigenvalue weighted by Gasteiger charge is -2.14. The third kappa shape index (κ3) is 7.72. The molecule has 0 amide bonds. The molecule has 0 aliphatic heterocycles. The van der Waals surface area contributed by atoms with E-state index in [0.29, 0.717) is 5.82 Å². The molecule has 0 fully saturated rings. The number of nitrogens with zero attached hydrogens (tertiary/aromatic N) is 4. The Morgan fingerprint density at radius 2 is 0.716 bits per heavy atom. The molecule has 0 N–H and O–H groups in total. The van der Waals surface area contributed by atoms with Crippen molar-refractivity contribution in [1.29, 1.82) is 0 Å². The van der Waals surface area contributed by atoms with Crippen LogP contribution in [0.2, 0.25) is 0 Å². The fraction of sp³-hybridized carbons (Fsp3) is 0.0286. The molecule has 3 heterocycles. The van der Waals surface area contributed by atoms with Gasteiger partial charge in [-0.2, -0.15) is 0 Å². The first-order valence-corrected chi connectivity index (χ1v) is 25.5. The van der Waals surface area contributed by atoms with Crippen LogP contribution in [0.4, 0.5) is 0 Å². The van der Waals surface area contributed by atoms with Crippen LogP contribution in [0.1, 0.15) is 17.7 Å². The number of aryl methyl sites for hydroxylation is 1. The Labute approximate surface area is 430 Å². The molecule has 0 saturated heterocycles. The monoisotopic (exact) mass is 944 g/mol. The lowest BCUT2D eigenvalue weighted by molar-refractivity contribution is 0.968. The van der Waals surface area contributed by atoms with Crippen LogP contribution in [0.25, 0.3) is 129 Å². The lowest BCUT2D eigenvalue weighted by atomic mass is 9.96. The van der Waals surface area contributed by atoms with Crippen molar-refractivity contribution in [3.05, 3.63) is 272 Å². The summed E-state index contributed by atoms with van der Waals surface area (Å²) >= 11 is 0. The zero-order chi connectivity index (χ0) is 49.0. The molecular weight excluding hydrogens is 897 g/mol. The molecule has 3 aromatic heterocycles. The standard InChI is InChI=1S/C70H48N4/c1-2-16-47(17-3-1)52-18-12-20-54(42-52)55-21-13-19-53(43-55)48-36-40-51(41-37-48)70-71-64(46-65(72-70)57-23-15-25-59(45-57)74-68-32-10-6-28-62(68)63-29-7-11-33-69(63)74)50-38-34-49(35-39-50)56-22-14-24-58(44-56)73-66-30-8-4-26-60(66)61-27-5-9-31-67(61)73/h1-4,6-26,28-46H,5,27H2. The van der Waals surface area contributed by atoms with E-state index in [0.717, 1.165) is 74.5 Å². The van der Waals surface area contributed by atoms with Crippen LogP contribution in [-0.4, -0.2) is 19.1 Å². The maximum atomic E-state index is 5.36. The van der Waals surface area contributed by atoms with Crippen molar-refractivity contribution < 1.29 is 0 Å².